The molecule has 1 aliphatic heterocycles. The first-order valence-corrected chi connectivity index (χ1v) is 9.09. The van der Waals surface area contributed by atoms with Crippen molar-refractivity contribution in [3.05, 3.63) is 46.2 Å². The molecule has 0 radical (unpaired) electrons. The van der Waals surface area contributed by atoms with Crippen LogP contribution in [0.3, 0.4) is 0 Å². The van der Waals surface area contributed by atoms with Gasteiger partial charge in [-0.3, -0.25) is 14.2 Å². The quantitative estimate of drug-likeness (QED) is 0.573. The standard InChI is InChI=1S/C15H19N7O3.C2HF3O2/c1-20-6-3-17-13(20)14(24)18-8-10-7-12(23)22-5-2-4-21(15(16)25)9-11(22)19-10;3-2(4,5)1(6)7/h3,6-7H,2,4-5,8-9H2,1H3,(H2,16,25)(H,18,24);(H,6,7). The van der Waals surface area contributed by atoms with E-state index in [1.165, 1.54) is 21.7 Å². The van der Waals surface area contributed by atoms with Crippen molar-refractivity contribution in [3.8, 4) is 0 Å². The topological polar surface area (TPSA) is 165 Å². The summed E-state index contributed by atoms with van der Waals surface area (Å²) in [4.78, 5) is 54.5. The fourth-order valence-corrected chi connectivity index (χ4v) is 2.75. The Bertz CT molecular complexity index is 1060. The highest BCUT2D eigenvalue weighted by Gasteiger charge is 2.38. The highest BCUT2D eigenvalue weighted by Crippen LogP contribution is 2.13. The zero-order valence-corrected chi connectivity index (χ0v) is 16.8. The number of amides is 3. The number of aromatic nitrogens is 4. The SMILES string of the molecule is Cn1ccnc1C(=O)NCc1cc(=O)n2c(n1)CN(C(N)=O)CCC2.O=C(O)C(F)(F)F. The number of rotatable bonds is 3. The van der Waals surface area contributed by atoms with Gasteiger partial charge in [0.15, 0.2) is 5.82 Å². The average molecular weight is 459 g/mol. The molecule has 0 saturated carbocycles. The predicted octanol–water partition coefficient (Wildman–Crippen LogP) is -0.175. The summed E-state index contributed by atoms with van der Waals surface area (Å²) >= 11 is 0. The van der Waals surface area contributed by atoms with Crippen LogP contribution in [0.4, 0.5) is 18.0 Å². The van der Waals surface area contributed by atoms with Gasteiger partial charge in [-0.2, -0.15) is 13.2 Å². The van der Waals surface area contributed by atoms with E-state index >= 15 is 0 Å². The molecule has 3 heterocycles. The maximum absolute atomic E-state index is 12.3. The Kier molecular flexibility index (Phi) is 7.56. The zero-order valence-electron chi connectivity index (χ0n) is 16.8. The third kappa shape index (κ3) is 6.29. The van der Waals surface area contributed by atoms with E-state index in [-0.39, 0.29) is 30.4 Å². The Morgan fingerprint density at radius 1 is 1.28 bits per heavy atom. The molecule has 4 N–H and O–H groups in total. The largest absolute Gasteiger partial charge is 0.490 e. The number of hydrogen-bond donors (Lipinski definition) is 3. The van der Waals surface area contributed by atoms with Crippen LogP contribution in [0.1, 0.15) is 28.6 Å². The number of imidazole rings is 1. The van der Waals surface area contributed by atoms with Crippen LogP contribution in [0.2, 0.25) is 0 Å². The summed E-state index contributed by atoms with van der Waals surface area (Å²) in [6, 6.07) is 0.846. The Morgan fingerprint density at radius 3 is 2.47 bits per heavy atom. The van der Waals surface area contributed by atoms with Gasteiger partial charge in [0.25, 0.3) is 11.5 Å². The molecule has 0 fully saturated rings. The van der Waals surface area contributed by atoms with Crippen molar-refractivity contribution >= 4 is 17.9 Å². The summed E-state index contributed by atoms with van der Waals surface area (Å²) in [6.07, 6.45) is -1.26. The highest BCUT2D eigenvalue weighted by molar-refractivity contribution is 5.90. The molecule has 0 bridgehead atoms. The third-order valence-corrected chi connectivity index (χ3v) is 4.29. The third-order valence-electron chi connectivity index (χ3n) is 4.29. The Morgan fingerprint density at radius 2 is 1.94 bits per heavy atom. The van der Waals surface area contributed by atoms with Gasteiger partial charge in [0.05, 0.1) is 18.8 Å². The van der Waals surface area contributed by atoms with Crippen molar-refractivity contribution in [1.82, 2.24) is 29.3 Å². The van der Waals surface area contributed by atoms with E-state index < -0.39 is 18.2 Å². The van der Waals surface area contributed by atoms with Gasteiger partial charge in [-0.15, -0.1) is 0 Å². The second-order valence-electron chi connectivity index (χ2n) is 6.61. The average Bonchev–Trinajstić information content (AvgIpc) is 3.00. The van der Waals surface area contributed by atoms with Gasteiger partial charge in [0.1, 0.15) is 5.82 Å². The molecule has 15 heteroatoms. The van der Waals surface area contributed by atoms with Crippen LogP contribution >= 0.6 is 0 Å². The number of nitrogens with one attached hydrogen (secondary N) is 1. The molecular formula is C17H20F3N7O5. The van der Waals surface area contributed by atoms with Gasteiger partial charge < -0.3 is 25.6 Å². The molecule has 0 spiro atoms. The molecular weight excluding hydrogens is 439 g/mol. The summed E-state index contributed by atoms with van der Waals surface area (Å²) in [5.41, 5.74) is 5.55. The number of aliphatic carboxylic acids is 1. The van der Waals surface area contributed by atoms with E-state index in [9.17, 15) is 27.6 Å². The van der Waals surface area contributed by atoms with E-state index in [4.69, 9.17) is 15.6 Å². The minimum atomic E-state index is -5.08. The second kappa shape index (κ2) is 9.93. The number of carboxylic acids is 1. The van der Waals surface area contributed by atoms with E-state index in [1.807, 2.05) is 0 Å². The number of urea groups is 1. The predicted molar refractivity (Wildman–Crippen MR) is 101 cm³/mol. The van der Waals surface area contributed by atoms with E-state index in [2.05, 4.69) is 15.3 Å². The number of carbonyl (C=O) groups is 3. The first-order valence-electron chi connectivity index (χ1n) is 9.09. The zero-order chi connectivity index (χ0) is 24.1. The minimum absolute atomic E-state index is 0.0886. The Balaban J connectivity index is 0.000000451. The second-order valence-corrected chi connectivity index (χ2v) is 6.61. The number of nitrogens with zero attached hydrogens (tertiary/aromatic N) is 5. The molecule has 32 heavy (non-hydrogen) atoms. The molecule has 2 aromatic heterocycles. The van der Waals surface area contributed by atoms with Crippen molar-refractivity contribution in [2.45, 2.75) is 32.2 Å². The Labute approximate surface area is 178 Å². The lowest BCUT2D eigenvalue weighted by molar-refractivity contribution is -0.192. The number of primary amides is 1. The van der Waals surface area contributed by atoms with Crippen LogP contribution in [0.5, 0.6) is 0 Å². The smallest absolute Gasteiger partial charge is 0.475 e. The number of aryl methyl sites for hydroxylation is 1. The number of halogens is 3. The maximum Gasteiger partial charge on any atom is 0.490 e. The molecule has 2 aromatic rings. The van der Waals surface area contributed by atoms with Crippen LogP contribution in [0, 0.1) is 0 Å². The number of fused-ring (bicyclic) bond motifs is 1. The molecule has 1 aliphatic rings. The monoisotopic (exact) mass is 459 g/mol. The molecule has 3 rings (SSSR count). The van der Waals surface area contributed by atoms with Crippen molar-refractivity contribution in [2.24, 2.45) is 12.8 Å². The van der Waals surface area contributed by atoms with Crippen LogP contribution in [-0.2, 0) is 31.5 Å². The van der Waals surface area contributed by atoms with Gasteiger partial charge >= 0.3 is 18.2 Å². The molecule has 0 aliphatic carbocycles. The summed E-state index contributed by atoms with van der Waals surface area (Å²) in [6.45, 7) is 1.21. The lowest BCUT2D eigenvalue weighted by Crippen LogP contribution is -2.36. The number of carboxylic acid groups (broad SMARTS) is 1. The van der Waals surface area contributed by atoms with Crippen LogP contribution in [-0.4, -0.2) is 59.7 Å². The normalized spacial score (nSPS) is 13.3. The molecule has 12 nitrogen and oxygen atoms in total. The van der Waals surface area contributed by atoms with Crippen molar-refractivity contribution in [1.29, 1.82) is 0 Å². The number of hydrogen-bond acceptors (Lipinski definition) is 6. The lowest BCUT2D eigenvalue weighted by Gasteiger charge is -2.17. The summed E-state index contributed by atoms with van der Waals surface area (Å²) in [5.74, 6) is -2.38. The van der Waals surface area contributed by atoms with Crippen molar-refractivity contribution in [3.63, 3.8) is 0 Å². The van der Waals surface area contributed by atoms with E-state index in [1.54, 1.807) is 17.8 Å². The number of carbonyl (C=O) groups excluding carboxylic acids is 2. The van der Waals surface area contributed by atoms with Gasteiger partial charge in [-0.25, -0.2) is 19.6 Å². The van der Waals surface area contributed by atoms with Gasteiger partial charge in [-0.1, -0.05) is 0 Å². The lowest BCUT2D eigenvalue weighted by atomic mass is 10.3. The first kappa shape index (κ1) is 24.4. The van der Waals surface area contributed by atoms with Gasteiger partial charge in [0.2, 0.25) is 0 Å². The summed E-state index contributed by atoms with van der Waals surface area (Å²) in [5, 5.41) is 9.81. The van der Waals surface area contributed by atoms with Crippen molar-refractivity contribution in [2.75, 3.05) is 6.54 Å². The van der Waals surface area contributed by atoms with E-state index in [0.717, 1.165) is 0 Å². The molecule has 0 saturated heterocycles. The molecule has 0 unspecified atom stereocenters. The molecule has 0 aromatic carbocycles. The summed E-state index contributed by atoms with van der Waals surface area (Å²) in [7, 11) is 1.72. The van der Waals surface area contributed by atoms with Crippen LogP contribution in [0.15, 0.2) is 23.3 Å². The molecule has 0 atom stereocenters. The maximum atomic E-state index is 12.3. The van der Waals surface area contributed by atoms with Crippen LogP contribution in [0.25, 0.3) is 0 Å². The van der Waals surface area contributed by atoms with Gasteiger partial charge in [0, 0.05) is 38.6 Å². The number of alkyl halides is 3. The molecule has 3 amide bonds. The first-order chi connectivity index (χ1) is 14.9. The summed E-state index contributed by atoms with van der Waals surface area (Å²) < 4.78 is 34.9. The number of nitrogens with two attached hydrogens (primary N) is 1. The highest BCUT2D eigenvalue weighted by atomic mass is 19.4. The fraction of sp³-hybridized carbons (Fsp3) is 0.412. The Hall–Kier alpha value is -3.91. The molecule has 174 valence electrons. The van der Waals surface area contributed by atoms with E-state index in [0.29, 0.717) is 31.0 Å². The van der Waals surface area contributed by atoms with Gasteiger partial charge in [-0.05, 0) is 6.42 Å². The van der Waals surface area contributed by atoms with Crippen LogP contribution < -0.4 is 16.6 Å². The van der Waals surface area contributed by atoms with Crippen molar-refractivity contribution < 1.29 is 32.7 Å². The minimum Gasteiger partial charge on any atom is -0.475 e. The fourth-order valence-electron chi connectivity index (χ4n) is 2.75.